The van der Waals surface area contributed by atoms with E-state index in [-0.39, 0.29) is 23.6 Å². The summed E-state index contributed by atoms with van der Waals surface area (Å²) in [7, 11) is 0. The van der Waals surface area contributed by atoms with Crippen molar-refractivity contribution in [3.05, 3.63) is 52.7 Å². The predicted octanol–water partition coefficient (Wildman–Crippen LogP) is 4.86. The first-order valence-corrected chi connectivity index (χ1v) is 12.4. The highest BCUT2D eigenvalue weighted by atomic mass is 79.9. The third-order valence-electron chi connectivity index (χ3n) is 7.51. The van der Waals surface area contributed by atoms with Gasteiger partial charge in [0, 0.05) is 5.02 Å². The number of rotatable bonds is 6. The number of ether oxygens (including phenoxy) is 1. The van der Waals surface area contributed by atoms with Crippen LogP contribution in [0.1, 0.15) is 38.5 Å². The van der Waals surface area contributed by atoms with E-state index in [0.717, 1.165) is 32.1 Å². The van der Waals surface area contributed by atoms with E-state index in [9.17, 15) is 4.79 Å². The first-order chi connectivity index (χ1) is 15.9. The van der Waals surface area contributed by atoms with Gasteiger partial charge < -0.3 is 10.1 Å². The molecule has 7 rings (SSSR count). The highest BCUT2D eigenvalue weighted by molar-refractivity contribution is 9.10. The van der Waals surface area contributed by atoms with Gasteiger partial charge in [0.25, 0.3) is 0 Å². The Labute approximate surface area is 204 Å². The van der Waals surface area contributed by atoms with Crippen LogP contribution < -0.4 is 10.1 Å². The van der Waals surface area contributed by atoms with Crippen molar-refractivity contribution in [1.29, 1.82) is 0 Å². The fourth-order valence-electron chi connectivity index (χ4n) is 6.68. The lowest BCUT2D eigenvalue weighted by Gasteiger charge is -2.60. The molecule has 4 aliphatic carbocycles. The van der Waals surface area contributed by atoms with Crippen LogP contribution in [-0.4, -0.2) is 30.5 Å². The van der Waals surface area contributed by atoms with Crippen LogP contribution in [0, 0.1) is 17.3 Å². The lowest BCUT2D eigenvalue weighted by atomic mass is 9.46. The van der Waals surface area contributed by atoms with E-state index in [1.807, 2.05) is 23.1 Å². The molecule has 2 atom stereocenters. The van der Waals surface area contributed by atoms with E-state index in [4.69, 9.17) is 16.3 Å². The molecule has 10 heteroatoms. The molecule has 4 bridgehead atoms. The molecule has 8 nitrogen and oxygen atoms in total. The highest BCUT2D eigenvalue weighted by Crippen LogP contribution is 2.64. The Morgan fingerprint density at radius 3 is 2.82 bits per heavy atom. The number of hydrogen-bond donors (Lipinski definition) is 1. The van der Waals surface area contributed by atoms with Crippen molar-refractivity contribution >= 4 is 39.1 Å². The molecule has 2 unspecified atom stereocenters. The normalized spacial score (nSPS) is 29.9. The van der Waals surface area contributed by atoms with Crippen LogP contribution in [0.5, 0.6) is 5.75 Å². The second-order valence-corrected chi connectivity index (χ2v) is 11.0. The Kier molecular flexibility index (Phi) is 5.03. The predicted molar refractivity (Wildman–Crippen MR) is 126 cm³/mol. The minimum Gasteiger partial charge on any atom is -0.471 e. The fourth-order valence-corrected chi connectivity index (χ4v) is 7.12. The number of benzene rings is 1. The zero-order valence-electron chi connectivity index (χ0n) is 18.0. The monoisotopic (exact) mass is 530 g/mol. The molecule has 4 saturated carbocycles. The number of carbonyl (C=O) groups is 1. The number of hydrogen-bond acceptors (Lipinski definition) is 5. The standard InChI is InChI=1S/C23H24BrClN6O2/c24-21-26-13-31(29-21)23-8-15-4-16(9-23)7-22(6-15,12-23)20(32)28-18-10-27-30(11-18)14-33-19-3-1-2-17(25)5-19/h1-3,5,10-11,13,15-16H,4,6-9,12,14H2,(H,28,32). The average Bonchev–Trinajstić information content (AvgIpc) is 3.41. The maximum atomic E-state index is 13.6. The molecule has 1 aromatic carbocycles. The summed E-state index contributed by atoms with van der Waals surface area (Å²) in [5, 5.41) is 12.7. The van der Waals surface area contributed by atoms with E-state index in [1.54, 1.807) is 29.2 Å². The first kappa shape index (κ1) is 21.2. The second-order valence-electron chi connectivity index (χ2n) is 9.88. The second kappa shape index (κ2) is 7.84. The molecule has 0 aliphatic heterocycles. The summed E-state index contributed by atoms with van der Waals surface area (Å²) < 4.78 is 10.0. The number of carbonyl (C=O) groups excluding carboxylic acids is 1. The van der Waals surface area contributed by atoms with Gasteiger partial charge in [0.15, 0.2) is 6.73 Å². The van der Waals surface area contributed by atoms with Crippen molar-refractivity contribution in [2.45, 2.75) is 50.8 Å². The first-order valence-electron chi connectivity index (χ1n) is 11.2. The molecule has 4 aliphatic rings. The highest BCUT2D eigenvalue weighted by Gasteiger charge is 2.61. The fraction of sp³-hybridized carbons (Fsp3) is 0.478. The summed E-state index contributed by atoms with van der Waals surface area (Å²) in [5.74, 6) is 1.86. The minimum atomic E-state index is -0.373. The van der Waals surface area contributed by atoms with E-state index in [2.05, 4.69) is 36.4 Å². The summed E-state index contributed by atoms with van der Waals surface area (Å²) in [6, 6.07) is 7.23. The van der Waals surface area contributed by atoms with E-state index < -0.39 is 0 Å². The topological polar surface area (TPSA) is 86.9 Å². The van der Waals surface area contributed by atoms with Crippen molar-refractivity contribution < 1.29 is 9.53 Å². The Morgan fingerprint density at radius 1 is 1.27 bits per heavy atom. The van der Waals surface area contributed by atoms with Gasteiger partial charge in [-0.25, -0.2) is 14.3 Å². The van der Waals surface area contributed by atoms with Crippen LogP contribution in [0.25, 0.3) is 0 Å². The Hall–Kier alpha value is -2.39. The Balaban J connectivity index is 1.17. The van der Waals surface area contributed by atoms with E-state index in [1.165, 1.54) is 6.42 Å². The van der Waals surface area contributed by atoms with Crippen LogP contribution in [0.2, 0.25) is 5.02 Å². The van der Waals surface area contributed by atoms with E-state index in [0.29, 0.717) is 33.0 Å². The van der Waals surface area contributed by atoms with E-state index >= 15 is 0 Å². The average molecular weight is 532 g/mol. The molecular weight excluding hydrogens is 508 g/mol. The minimum absolute atomic E-state index is 0.0930. The van der Waals surface area contributed by atoms with Crippen molar-refractivity contribution in [2.24, 2.45) is 17.3 Å². The molecule has 3 aromatic rings. The molecule has 0 saturated heterocycles. The van der Waals surface area contributed by atoms with Crippen molar-refractivity contribution in [1.82, 2.24) is 24.5 Å². The van der Waals surface area contributed by atoms with Gasteiger partial charge in [-0.3, -0.25) is 4.79 Å². The summed E-state index contributed by atoms with van der Waals surface area (Å²) in [6.07, 6.45) is 11.3. The number of nitrogens with zero attached hydrogens (tertiary/aromatic N) is 5. The van der Waals surface area contributed by atoms with Gasteiger partial charge in [0.1, 0.15) is 12.1 Å². The molecule has 1 amide bonds. The van der Waals surface area contributed by atoms with Crippen molar-refractivity contribution in [3.8, 4) is 5.75 Å². The van der Waals surface area contributed by atoms with Crippen LogP contribution in [0.15, 0.2) is 47.7 Å². The summed E-state index contributed by atoms with van der Waals surface area (Å²) in [6.45, 7) is 0.232. The molecular formula is C23H24BrClN6O2. The maximum absolute atomic E-state index is 13.6. The van der Waals surface area contributed by atoms with Gasteiger partial charge in [0.2, 0.25) is 10.6 Å². The van der Waals surface area contributed by atoms with Gasteiger partial charge in [-0.1, -0.05) is 17.7 Å². The zero-order chi connectivity index (χ0) is 22.6. The number of amides is 1. The molecule has 2 aromatic heterocycles. The number of nitrogens with one attached hydrogen (secondary N) is 1. The Morgan fingerprint density at radius 2 is 2.09 bits per heavy atom. The largest absolute Gasteiger partial charge is 0.471 e. The van der Waals surface area contributed by atoms with Gasteiger partial charge in [-0.2, -0.15) is 5.10 Å². The number of anilines is 1. The lowest BCUT2D eigenvalue weighted by Crippen LogP contribution is -2.60. The van der Waals surface area contributed by atoms with Crippen molar-refractivity contribution in [3.63, 3.8) is 0 Å². The third-order valence-corrected chi connectivity index (χ3v) is 8.11. The van der Waals surface area contributed by atoms with Gasteiger partial charge >= 0.3 is 0 Å². The smallest absolute Gasteiger partial charge is 0.230 e. The van der Waals surface area contributed by atoms with Crippen LogP contribution in [-0.2, 0) is 17.1 Å². The lowest BCUT2D eigenvalue weighted by molar-refractivity contribution is -0.150. The SMILES string of the molecule is O=C(Nc1cnn(COc2cccc(Cl)c2)c1)C12CC3CC(C1)CC(n1cnc(Br)n1)(C3)C2. The third kappa shape index (κ3) is 3.85. The molecule has 1 N–H and O–H groups in total. The van der Waals surface area contributed by atoms with Crippen LogP contribution >= 0.6 is 27.5 Å². The van der Waals surface area contributed by atoms with Crippen molar-refractivity contribution in [2.75, 3.05) is 5.32 Å². The molecule has 0 spiro atoms. The number of aromatic nitrogens is 5. The zero-order valence-corrected chi connectivity index (χ0v) is 20.3. The summed E-state index contributed by atoms with van der Waals surface area (Å²) in [5.41, 5.74) is 0.195. The molecule has 33 heavy (non-hydrogen) atoms. The molecule has 2 heterocycles. The van der Waals surface area contributed by atoms with Crippen LogP contribution in [0.4, 0.5) is 5.69 Å². The summed E-state index contributed by atoms with van der Waals surface area (Å²) >= 11 is 9.39. The maximum Gasteiger partial charge on any atom is 0.230 e. The quantitative estimate of drug-likeness (QED) is 0.491. The van der Waals surface area contributed by atoms with Gasteiger partial charge in [-0.15, -0.1) is 5.10 Å². The molecule has 4 fully saturated rings. The van der Waals surface area contributed by atoms with Crippen LogP contribution in [0.3, 0.4) is 0 Å². The summed E-state index contributed by atoms with van der Waals surface area (Å²) in [4.78, 5) is 17.9. The number of halogens is 2. The Bertz CT molecular complexity index is 1200. The van der Waals surface area contributed by atoms with Gasteiger partial charge in [0.05, 0.1) is 29.0 Å². The molecule has 172 valence electrons. The molecule has 0 radical (unpaired) electrons. The van der Waals surface area contributed by atoms with Gasteiger partial charge in [-0.05, 0) is 84.5 Å².